The fourth-order valence-corrected chi connectivity index (χ4v) is 4.75. The van der Waals surface area contributed by atoms with Crippen LogP contribution in [0.3, 0.4) is 0 Å². The van der Waals surface area contributed by atoms with E-state index in [4.69, 9.17) is 4.42 Å². The van der Waals surface area contributed by atoms with E-state index >= 15 is 0 Å². The number of amides is 1. The quantitative estimate of drug-likeness (QED) is 0.677. The Morgan fingerprint density at radius 3 is 2.77 bits per heavy atom. The molecule has 0 aliphatic heterocycles. The Kier molecular flexibility index (Phi) is 4.68. The molecule has 4 rings (SSSR count). The standard InChI is InChI=1S/C20H22N2O3S/c1-14(18-11-6-12-26-18)22(15-7-2-3-8-15)19(23)13-21-16-9-4-5-10-17(16)25-20(21)24/h4-6,9-12,14-15H,2-3,7-8,13H2,1H3/t14-/m0/s1. The molecule has 1 saturated carbocycles. The number of oxazole rings is 1. The molecule has 1 amide bonds. The van der Waals surface area contributed by atoms with Gasteiger partial charge in [-0.3, -0.25) is 9.36 Å². The van der Waals surface area contributed by atoms with Gasteiger partial charge in [-0.05, 0) is 43.3 Å². The molecule has 0 spiro atoms. The molecule has 6 heteroatoms. The third-order valence-electron chi connectivity index (χ3n) is 5.25. The van der Waals surface area contributed by atoms with Crippen molar-refractivity contribution >= 4 is 28.3 Å². The molecule has 5 nitrogen and oxygen atoms in total. The molecule has 2 aromatic heterocycles. The summed E-state index contributed by atoms with van der Waals surface area (Å²) in [4.78, 5) is 28.7. The average molecular weight is 370 g/mol. The van der Waals surface area contributed by atoms with Gasteiger partial charge in [0, 0.05) is 10.9 Å². The molecule has 0 bridgehead atoms. The number of hydrogen-bond donors (Lipinski definition) is 0. The maximum Gasteiger partial charge on any atom is 0.420 e. The topological polar surface area (TPSA) is 55.5 Å². The van der Waals surface area contributed by atoms with Gasteiger partial charge in [-0.1, -0.05) is 31.0 Å². The van der Waals surface area contributed by atoms with Gasteiger partial charge in [0.05, 0.1) is 11.6 Å². The second kappa shape index (κ2) is 7.11. The number of carbonyl (C=O) groups excluding carboxylic acids is 1. The Morgan fingerprint density at radius 2 is 2.04 bits per heavy atom. The number of aromatic nitrogens is 1. The van der Waals surface area contributed by atoms with Crippen molar-refractivity contribution in [3.63, 3.8) is 0 Å². The van der Waals surface area contributed by atoms with Gasteiger partial charge in [0.2, 0.25) is 5.91 Å². The highest BCUT2D eigenvalue weighted by Crippen LogP contribution is 2.33. The molecule has 2 heterocycles. The van der Waals surface area contributed by atoms with E-state index < -0.39 is 5.76 Å². The Balaban J connectivity index is 1.65. The second-order valence-electron chi connectivity index (χ2n) is 6.85. The highest BCUT2D eigenvalue weighted by molar-refractivity contribution is 7.10. The van der Waals surface area contributed by atoms with Crippen LogP contribution in [0.5, 0.6) is 0 Å². The zero-order chi connectivity index (χ0) is 18.1. The fourth-order valence-electron chi connectivity index (χ4n) is 3.96. The van der Waals surface area contributed by atoms with Crippen LogP contribution in [0.4, 0.5) is 0 Å². The van der Waals surface area contributed by atoms with E-state index in [0.717, 1.165) is 25.7 Å². The van der Waals surface area contributed by atoms with Crippen molar-refractivity contribution in [2.45, 2.75) is 51.2 Å². The summed E-state index contributed by atoms with van der Waals surface area (Å²) >= 11 is 1.67. The minimum atomic E-state index is -0.477. The zero-order valence-corrected chi connectivity index (χ0v) is 15.6. The molecule has 1 fully saturated rings. The van der Waals surface area contributed by atoms with E-state index in [9.17, 15) is 9.59 Å². The van der Waals surface area contributed by atoms with Crippen molar-refractivity contribution in [2.24, 2.45) is 0 Å². The Morgan fingerprint density at radius 1 is 1.27 bits per heavy atom. The van der Waals surface area contributed by atoms with E-state index in [2.05, 4.69) is 13.0 Å². The van der Waals surface area contributed by atoms with Gasteiger partial charge < -0.3 is 9.32 Å². The largest absolute Gasteiger partial charge is 0.420 e. The van der Waals surface area contributed by atoms with Gasteiger partial charge in [0.1, 0.15) is 6.54 Å². The lowest BCUT2D eigenvalue weighted by atomic mass is 10.1. The summed E-state index contributed by atoms with van der Waals surface area (Å²) in [6.45, 7) is 2.10. The van der Waals surface area contributed by atoms with Gasteiger partial charge in [-0.2, -0.15) is 0 Å². The van der Waals surface area contributed by atoms with Gasteiger partial charge in [-0.25, -0.2) is 4.79 Å². The van der Waals surface area contributed by atoms with Gasteiger partial charge in [-0.15, -0.1) is 11.3 Å². The smallest absolute Gasteiger partial charge is 0.408 e. The van der Waals surface area contributed by atoms with Crippen molar-refractivity contribution in [1.82, 2.24) is 9.47 Å². The summed E-state index contributed by atoms with van der Waals surface area (Å²) in [6.07, 6.45) is 4.37. The van der Waals surface area contributed by atoms with Crippen LogP contribution in [-0.2, 0) is 11.3 Å². The number of nitrogens with zero attached hydrogens (tertiary/aromatic N) is 2. The molecule has 3 aromatic rings. The third-order valence-corrected chi connectivity index (χ3v) is 6.29. The van der Waals surface area contributed by atoms with Gasteiger partial charge in [0.15, 0.2) is 5.58 Å². The van der Waals surface area contributed by atoms with E-state index in [0.29, 0.717) is 11.1 Å². The first-order valence-electron chi connectivity index (χ1n) is 9.08. The number of carbonyl (C=O) groups is 1. The summed E-state index contributed by atoms with van der Waals surface area (Å²) in [5.74, 6) is -0.499. The molecule has 0 unspecified atom stereocenters. The lowest BCUT2D eigenvalue weighted by Gasteiger charge is -2.34. The van der Waals surface area contributed by atoms with Crippen LogP contribution in [0.1, 0.15) is 43.5 Å². The van der Waals surface area contributed by atoms with Gasteiger partial charge >= 0.3 is 5.76 Å². The maximum absolute atomic E-state index is 13.3. The highest BCUT2D eigenvalue weighted by atomic mass is 32.1. The van der Waals surface area contributed by atoms with Crippen LogP contribution in [-0.4, -0.2) is 21.4 Å². The number of para-hydroxylation sites is 2. The minimum Gasteiger partial charge on any atom is -0.408 e. The van der Waals surface area contributed by atoms with Crippen molar-refractivity contribution in [3.05, 3.63) is 57.2 Å². The number of hydrogen-bond acceptors (Lipinski definition) is 4. The summed E-state index contributed by atoms with van der Waals surface area (Å²) in [5, 5.41) is 2.04. The van der Waals surface area contributed by atoms with Crippen molar-refractivity contribution in [2.75, 3.05) is 0 Å². The maximum atomic E-state index is 13.3. The summed E-state index contributed by atoms with van der Waals surface area (Å²) in [5.41, 5.74) is 1.19. The van der Waals surface area contributed by atoms with Gasteiger partial charge in [0.25, 0.3) is 0 Å². The predicted molar refractivity (Wildman–Crippen MR) is 102 cm³/mol. The minimum absolute atomic E-state index is 0.0134. The first kappa shape index (κ1) is 17.1. The number of thiophene rings is 1. The molecule has 0 radical (unpaired) electrons. The lowest BCUT2D eigenvalue weighted by Crippen LogP contribution is -2.43. The molecule has 26 heavy (non-hydrogen) atoms. The fraction of sp³-hybridized carbons (Fsp3) is 0.400. The normalized spacial score (nSPS) is 16.2. The van der Waals surface area contributed by atoms with E-state index in [1.807, 2.05) is 34.5 Å². The van der Waals surface area contributed by atoms with Crippen LogP contribution < -0.4 is 5.76 Å². The van der Waals surface area contributed by atoms with E-state index in [1.165, 1.54) is 9.44 Å². The molecule has 1 aromatic carbocycles. The van der Waals surface area contributed by atoms with Crippen LogP contribution in [0.2, 0.25) is 0 Å². The summed E-state index contributed by atoms with van der Waals surface area (Å²) < 4.78 is 6.72. The highest BCUT2D eigenvalue weighted by Gasteiger charge is 2.32. The molecule has 1 aliphatic rings. The molecule has 136 valence electrons. The summed E-state index contributed by atoms with van der Waals surface area (Å²) in [6, 6.07) is 11.6. The first-order valence-corrected chi connectivity index (χ1v) is 9.96. The first-order chi connectivity index (χ1) is 12.6. The molecular weight excluding hydrogens is 348 g/mol. The number of rotatable bonds is 5. The van der Waals surface area contributed by atoms with Crippen LogP contribution in [0.15, 0.2) is 51.0 Å². The zero-order valence-electron chi connectivity index (χ0n) is 14.8. The molecule has 1 atom stereocenters. The molecular formula is C20H22N2O3S. The SMILES string of the molecule is C[C@@H](c1cccs1)N(C(=O)Cn1c(=O)oc2ccccc21)C1CCCC1. The van der Waals surface area contributed by atoms with Crippen LogP contribution in [0.25, 0.3) is 11.1 Å². The van der Waals surface area contributed by atoms with Crippen LogP contribution in [0, 0.1) is 0 Å². The third kappa shape index (κ3) is 3.09. The Labute approximate surface area is 155 Å². The predicted octanol–water partition coefficient (Wildman–Crippen LogP) is 4.19. The summed E-state index contributed by atoms with van der Waals surface area (Å²) in [7, 11) is 0. The monoisotopic (exact) mass is 370 g/mol. The molecule has 0 saturated heterocycles. The van der Waals surface area contributed by atoms with E-state index in [1.54, 1.807) is 17.4 Å². The van der Waals surface area contributed by atoms with E-state index in [-0.39, 0.29) is 24.5 Å². The molecule has 1 aliphatic carbocycles. The van der Waals surface area contributed by atoms with Crippen LogP contribution >= 0.6 is 11.3 Å². The molecule has 0 N–H and O–H groups in total. The second-order valence-corrected chi connectivity index (χ2v) is 7.83. The Bertz CT molecular complexity index is 951. The average Bonchev–Trinajstić information content (AvgIpc) is 3.37. The number of fused-ring (bicyclic) bond motifs is 1. The number of benzene rings is 1. The van der Waals surface area contributed by atoms with Crippen molar-refractivity contribution < 1.29 is 9.21 Å². The van der Waals surface area contributed by atoms with Crippen molar-refractivity contribution in [3.8, 4) is 0 Å². The lowest BCUT2D eigenvalue weighted by molar-refractivity contribution is -0.136. The van der Waals surface area contributed by atoms with Crippen molar-refractivity contribution in [1.29, 1.82) is 0 Å². The Hall–Kier alpha value is -2.34.